The van der Waals surface area contributed by atoms with Crippen LogP contribution in [-0.4, -0.2) is 23.1 Å². The third-order valence-electron chi connectivity index (χ3n) is 5.30. The average molecular weight is 426 g/mol. The number of aliphatic imine (C=N–C) groups is 1. The minimum absolute atomic E-state index is 0.179. The van der Waals surface area contributed by atoms with Gasteiger partial charge in [0.2, 0.25) is 11.7 Å². The predicted octanol–water partition coefficient (Wildman–Crippen LogP) is 5.38. The summed E-state index contributed by atoms with van der Waals surface area (Å²) in [6.07, 6.45) is 0. The number of anilines is 1. The van der Waals surface area contributed by atoms with Crippen LogP contribution in [0.4, 0.5) is 11.4 Å². The van der Waals surface area contributed by atoms with E-state index in [1.807, 2.05) is 94.4 Å². The van der Waals surface area contributed by atoms with E-state index in [2.05, 4.69) is 5.32 Å². The number of hydrogen-bond donors (Lipinski definition) is 1. The zero-order chi connectivity index (χ0) is 22.9. The number of hydrogen-bond acceptors (Lipinski definition) is 4. The van der Waals surface area contributed by atoms with Crippen LogP contribution in [-0.2, 0) is 4.79 Å². The van der Waals surface area contributed by atoms with Gasteiger partial charge in [0.15, 0.2) is 5.84 Å². The van der Waals surface area contributed by atoms with Crippen LogP contribution < -0.4 is 10.2 Å². The van der Waals surface area contributed by atoms with Crippen LogP contribution in [0.25, 0.3) is 0 Å². The molecule has 3 aromatic rings. The van der Waals surface area contributed by atoms with Crippen molar-refractivity contribution in [1.82, 2.24) is 5.32 Å². The van der Waals surface area contributed by atoms with Crippen LogP contribution >= 0.6 is 0 Å². The fraction of sp³-hybridized carbons (Fsp3) is 0.222. The normalized spacial score (nSPS) is 15.6. The molecular formula is C27H27N3O2. The highest BCUT2D eigenvalue weighted by molar-refractivity contribution is 6.50. The maximum atomic E-state index is 13.7. The fourth-order valence-corrected chi connectivity index (χ4v) is 3.91. The highest BCUT2D eigenvalue weighted by Crippen LogP contribution is 2.40. The number of aryl methyl sites for hydroxylation is 1. The van der Waals surface area contributed by atoms with Gasteiger partial charge in [-0.05, 0) is 45.4 Å². The van der Waals surface area contributed by atoms with Gasteiger partial charge in [-0.3, -0.25) is 9.59 Å². The lowest BCUT2D eigenvalue weighted by Gasteiger charge is -2.38. The lowest BCUT2D eigenvalue weighted by atomic mass is 9.95. The van der Waals surface area contributed by atoms with Crippen LogP contribution in [0, 0.1) is 6.92 Å². The number of amidine groups is 1. The number of ketones is 1. The number of amides is 1. The van der Waals surface area contributed by atoms with Crippen LogP contribution in [0.2, 0.25) is 0 Å². The van der Waals surface area contributed by atoms with Gasteiger partial charge in [-0.1, -0.05) is 66.7 Å². The Morgan fingerprint density at radius 3 is 2.19 bits per heavy atom. The third kappa shape index (κ3) is 4.19. The molecule has 0 spiro atoms. The molecule has 1 N–H and O–H groups in total. The van der Waals surface area contributed by atoms with E-state index >= 15 is 0 Å². The number of nitrogens with zero attached hydrogens (tertiary/aromatic N) is 2. The Hall–Kier alpha value is -3.73. The molecule has 1 atom stereocenters. The van der Waals surface area contributed by atoms with Crippen molar-refractivity contribution in [3.63, 3.8) is 0 Å². The summed E-state index contributed by atoms with van der Waals surface area (Å²) in [5.41, 5.74) is 3.22. The van der Waals surface area contributed by atoms with E-state index in [1.165, 1.54) is 0 Å². The first-order valence-corrected chi connectivity index (χ1v) is 10.7. The van der Waals surface area contributed by atoms with Gasteiger partial charge in [0.25, 0.3) is 0 Å². The van der Waals surface area contributed by atoms with Gasteiger partial charge in [0, 0.05) is 22.4 Å². The molecule has 1 unspecified atom stereocenters. The Morgan fingerprint density at radius 2 is 1.50 bits per heavy atom. The summed E-state index contributed by atoms with van der Waals surface area (Å²) < 4.78 is 0. The minimum Gasteiger partial charge on any atom is -0.349 e. The topological polar surface area (TPSA) is 61.8 Å². The zero-order valence-corrected chi connectivity index (χ0v) is 18.8. The predicted molar refractivity (Wildman–Crippen MR) is 129 cm³/mol. The van der Waals surface area contributed by atoms with Gasteiger partial charge in [-0.15, -0.1) is 0 Å². The van der Waals surface area contributed by atoms with Gasteiger partial charge in [0.1, 0.15) is 6.04 Å². The largest absolute Gasteiger partial charge is 0.349 e. The molecule has 162 valence electrons. The van der Waals surface area contributed by atoms with E-state index in [-0.39, 0.29) is 17.5 Å². The summed E-state index contributed by atoms with van der Waals surface area (Å²) >= 11 is 0. The van der Waals surface area contributed by atoms with Crippen molar-refractivity contribution in [2.75, 3.05) is 4.90 Å². The summed E-state index contributed by atoms with van der Waals surface area (Å²) in [4.78, 5) is 33.9. The molecule has 1 aliphatic rings. The smallest absolute Gasteiger partial charge is 0.248 e. The lowest BCUT2D eigenvalue weighted by Crippen LogP contribution is -2.52. The number of fused-ring (bicyclic) bond motifs is 1. The number of rotatable bonds is 4. The summed E-state index contributed by atoms with van der Waals surface area (Å²) in [7, 11) is 0. The maximum absolute atomic E-state index is 13.7. The summed E-state index contributed by atoms with van der Waals surface area (Å²) in [5.74, 6) is -0.170. The van der Waals surface area contributed by atoms with Crippen molar-refractivity contribution in [1.29, 1.82) is 0 Å². The molecule has 0 bridgehead atoms. The zero-order valence-electron chi connectivity index (χ0n) is 18.8. The Labute approximate surface area is 188 Å². The Morgan fingerprint density at radius 1 is 0.875 bits per heavy atom. The molecule has 32 heavy (non-hydrogen) atoms. The van der Waals surface area contributed by atoms with Gasteiger partial charge in [-0.25, -0.2) is 4.99 Å². The number of carbonyl (C=O) groups excluding carboxylic acids is 2. The van der Waals surface area contributed by atoms with Crippen LogP contribution in [0.15, 0.2) is 83.9 Å². The molecule has 0 saturated heterocycles. The second-order valence-electron chi connectivity index (χ2n) is 8.99. The van der Waals surface area contributed by atoms with E-state index in [0.29, 0.717) is 11.3 Å². The fourth-order valence-electron chi connectivity index (χ4n) is 3.91. The summed E-state index contributed by atoms with van der Waals surface area (Å²) in [6.45, 7) is 7.81. The number of benzene rings is 3. The molecule has 0 saturated carbocycles. The molecule has 5 heteroatoms. The minimum atomic E-state index is -0.730. The quantitative estimate of drug-likeness (QED) is 0.571. The van der Waals surface area contributed by atoms with Crippen molar-refractivity contribution >= 4 is 28.9 Å². The first-order valence-electron chi connectivity index (χ1n) is 10.7. The van der Waals surface area contributed by atoms with Gasteiger partial charge in [-0.2, -0.15) is 0 Å². The molecule has 0 aliphatic carbocycles. The van der Waals surface area contributed by atoms with Crippen molar-refractivity contribution in [3.05, 3.63) is 95.6 Å². The molecule has 4 rings (SSSR count). The number of Topliss-reactive ketones (excluding diaryl/α,β-unsaturated/α-hetero) is 1. The lowest BCUT2D eigenvalue weighted by molar-refractivity contribution is -0.123. The molecular weight excluding hydrogens is 398 g/mol. The maximum Gasteiger partial charge on any atom is 0.248 e. The highest BCUT2D eigenvalue weighted by atomic mass is 16.2. The van der Waals surface area contributed by atoms with Crippen LogP contribution in [0.1, 0.15) is 48.3 Å². The molecule has 1 heterocycles. The second-order valence-corrected chi connectivity index (χ2v) is 8.99. The Bertz CT molecular complexity index is 1190. The number of carbonyl (C=O) groups is 2. The first-order chi connectivity index (χ1) is 15.3. The summed E-state index contributed by atoms with van der Waals surface area (Å²) in [6, 6.07) is 23.6. The molecule has 5 nitrogen and oxygen atoms in total. The van der Waals surface area contributed by atoms with E-state index < -0.39 is 11.6 Å². The van der Waals surface area contributed by atoms with Crippen molar-refractivity contribution < 1.29 is 9.59 Å². The van der Waals surface area contributed by atoms with Crippen molar-refractivity contribution in [2.45, 2.75) is 39.3 Å². The molecule has 0 fully saturated rings. The number of nitrogens with one attached hydrogen (secondary N) is 1. The van der Waals surface area contributed by atoms with Crippen molar-refractivity contribution in [3.8, 4) is 0 Å². The molecule has 1 amide bonds. The standard InChI is InChI=1S/C27H27N3O2/c1-18-12-8-11-17-22(18)30-23(26(32)29-27(2,3)4)20-15-9-10-16-21(20)28-25(30)24(31)19-13-6-5-7-14-19/h5-17,23H,1-4H3,(H,29,32). The van der Waals surface area contributed by atoms with Crippen LogP contribution in [0.5, 0.6) is 0 Å². The molecule has 3 aromatic carbocycles. The molecule has 0 aromatic heterocycles. The van der Waals surface area contributed by atoms with E-state index in [9.17, 15) is 9.59 Å². The first kappa shape index (κ1) is 21.5. The second kappa shape index (κ2) is 8.42. The summed E-state index contributed by atoms with van der Waals surface area (Å²) in [5, 5.41) is 3.10. The number of para-hydroxylation sites is 2. The SMILES string of the molecule is Cc1ccccc1N1C(C(=O)c2ccccc2)=Nc2ccccc2C1C(=O)NC(C)(C)C. The monoisotopic (exact) mass is 425 g/mol. The third-order valence-corrected chi connectivity index (χ3v) is 5.30. The van der Waals surface area contributed by atoms with Crippen molar-refractivity contribution in [2.24, 2.45) is 4.99 Å². The molecule has 1 aliphatic heterocycles. The van der Waals surface area contributed by atoms with Crippen LogP contribution in [0.3, 0.4) is 0 Å². The van der Waals surface area contributed by atoms with E-state index in [4.69, 9.17) is 4.99 Å². The Balaban J connectivity index is 1.95. The van der Waals surface area contributed by atoms with Gasteiger partial charge in [0.05, 0.1) is 5.69 Å². The van der Waals surface area contributed by atoms with E-state index in [1.54, 1.807) is 17.0 Å². The van der Waals surface area contributed by atoms with Gasteiger partial charge < -0.3 is 10.2 Å². The highest BCUT2D eigenvalue weighted by Gasteiger charge is 2.40. The van der Waals surface area contributed by atoms with Gasteiger partial charge >= 0.3 is 0 Å². The van der Waals surface area contributed by atoms with E-state index in [0.717, 1.165) is 16.8 Å². The molecule has 0 radical (unpaired) electrons. The Kier molecular flexibility index (Phi) is 5.66. The average Bonchev–Trinajstić information content (AvgIpc) is 2.77.